The number of hydrogen-bond acceptors (Lipinski definition) is 6. The predicted molar refractivity (Wildman–Crippen MR) is 104 cm³/mol. The Bertz CT molecular complexity index is 1260. The minimum absolute atomic E-state index is 0.153. The lowest BCUT2D eigenvalue weighted by Crippen LogP contribution is -2.35. The monoisotopic (exact) mass is 407 g/mol. The molecule has 0 atom stereocenters. The zero-order valence-electron chi connectivity index (χ0n) is 16.4. The van der Waals surface area contributed by atoms with E-state index in [1.54, 1.807) is 27.8 Å². The van der Waals surface area contributed by atoms with Crippen molar-refractivity contribution in [2.24, 2.45) is 7.05 Å². The molecule has 1 amide bonds. The highest BCUT2D eigenvalue weighted by molar-refractivity contribution is 5.92. The van der Waals surface area contributed by atoms with E-state index in [1.807, 2.05) is 20.2 Å². The summed E-state index contributed by atoms with van der Waals surface area (Å²) in [5, 5.41) is 12.4. The fourth-order valence-corrected chi connectivity index (χ4v) is 3.75. The first-order valence-corrected chi connectivity index (χ1v) is 9.49. The molecule has 0 unspecified atom stereocenters. The number of nitrogens with zero attached hydrogens (tertiary/aromatic N) is 5. The van der Waals surface area contributed by atoms with E-state index in [4.69, 9.17) is 9.05 Å². The Morgan fingerprint density at radius 1 is 1.20 bits per heavy atom. The van der Waals surface area contributed by atoms with Gasteiger partial charge >= 0.3 is 0 Å². The van der Waals surface area contributed by atoms with Crippen molar-refractivity contribution in [3.05, 3.63) is 65.1 Å². The first-order valence-electron chi connectivity index (χ1n) is 9.49. The van der Waals surface area contributed by atoms with Crippen molar-refractivity contribution in [3.63, 3.8) is 0 Å². The van der Waals surface area contributed by atoms with Crippen molar-refractivity contribution in [1.82, 2.24) is 25.0 Å². The second-order valence-corrected chi connectivity index (χ2v) is 7.30. The molecule has 0 spiro atoms. The van der Waals surface area contributed by atoms with Gasteiger partial charge in [0.05, 0.1) is 12.2 Å². The van der Waals surface area contributed by atoms with Gasteiger partial charge in [0.1, 0.15) is 23.0 Å². The predicted octanol–water partition coefficient (Wildman–Crippen LogP) is 3.38. The van der Waals surface area contributed by atoms with Crippen LogP contribution in [-0.4, -0.2) is 37.4 Å². The van der Waals surface area contributed by atoms with Crippen LogP contribution in [0.15, 0.2) is 45.6 Å². The highest BCUT2D eigenvalue weighted by Crippen LogP contribution is 2.31. The van der Waals surface area contributed by atoms with Gasteiger partial charge in [0.25, 0.3) is 5.91 Å². The van der Waals surface area contributed by atoms with E-state index in [0.29, 0.717) is 42.2 Å². The number of fused-ring (bicyclic) bond motifs is 1. The van der Waals surface area contributed by atoms with E-state index in [0.717, 1.165) is 16.8 Å². The molecule has 1 aliphatic heterocycles. The Morgan fingerprint density at radius 2 is 2.07 bits per heavy atom. The standard InChI is InChI=1S/C21H18FN5O3/c1-12-15(10-26(2)23-12)17-9-19(30-24-17)21(28)27-7-6-18-16(11-27)20(25-29-18)13-4-3-5-14(22)8-13/h3-5,8-10H,6-7,11H2,1-2H3. The summed E-state index contributed by atoms with van der Waals surface area (Å²) in [6.07, 6.45) is 2.35. The van der Waals surface area contributed by atoms with Crippen LogP contribution in [0.4, 0.5) is 4.39 Å². The molecule has 1 aromatic carbocycles. The lowest BCUT2D eigenvalue weighted by Gasteiger charge is -2.25. The van der Waals surface area contributed by atoms with E-state index < -0.39 is 0 Å². The molecule has 8 nitrogen and oxygen atoms in total. The highest BCUT2D eigenvalue weighted by atomic mass is 19.1. The molecule has 0 fully saturated rings. The summed E-state index contributed by atoms with van der Waals surface area (Å²) in [7, 11) is 1.82. The van der Waals surface area contributed by atoms with Crippen molar-refractivity contribution >= 4 is 5.91 Å². The molecule has 3 aromatic heterocycles. The van der Waals surface area contributed by atoms with Gasteiger partial charge in [0, 0.05) is 49.0 Å². The normalized spacial score (nSPS) is 13.5. The van der Waals surface area contributed by atoms with Crippen LogP contribution in [0.3, 0.4) is 0 Å². The number of hydrogen-bond donors (Lipinski definition) is 0. The lowest BCUT2D eigenvalue weighted by molar-refractivity contribution is 0.0687. The number of halogens is 1. The molecule has 0 bridgehead atoms. The number of benzene rings is 1. The van der Waals surface area contributed by atoms with Crippen LogP contribution in [0, 0.1) is 12.7 Å². The van der Waals surface area contributed by atoms with E-state index in [2.05, 4.69) is 15.4 Å². The molecule has 1 aliphatic rings. The topological polar surface area (TPSA) is 90.2 Å². The van der Waals surface area contributed by atoms with Gasteiger partial charge in [-0.25, -0.2) is 4.39 Å². The Balaban J connectivity index is 1.41. The van der Waals surface area contributed by atoms with Gasteiger partial charge in [-0.15, -0.1) is 0 Å². The lowest BCUT2D eigenvalue weighted by atomic mass is 10.0. The molecule has 152 valence electrons. The smallest absolute Gasteiger partial charge is 0.292 e. The Morgan fingerprint density at radius 3 is 2.83 bits per heavy atom. The second-order valence-electron chi connectivity index (χ2n) is 7.30. The van der Waals surface area contributed by atoms with Crippen LogP contribution in [0.25, 0.3) is 22.5 Å². The molecular weight excluding hydrogens is 389 g/mol. The van der Waals surface area contributed by atoms with E-state index in [-0.39, 0.29) is 17.5 Å². The highest BCUT2D eigenvalue weighted by Gasteiger charge is 2.30. The average molecular weight is 407 g/mol. The number of carbonyl (C=O) groups excluding carboxylic acids is 1. The number of aromatic nitrogens is 4. The van der Waals surface area contributed by atoms with Gasteiger partial charge in [-0.3, -0.25) is 9.48 Å². The first kappa shape index (κ1) is 18.3. The van der Waals surface area contributed by atoms with E-state index in [9.17, 15) is 9.18 Å². The molecule has 0 saturated carbocycles. The summed E-state index contributed by atoms with van der Waals surface area (Å²) in [5.74, 6) is 0.239. The molecule has 9 heteroatoms. The van der Waals surface area contributed by atoms with Crippen LogP contribution in [0.1, 0.15) is 27.6 Å². The van der Waals surface area contributed by atoms with Crippen LogP contribution < -0.4 is 0 Å². The number of carbonyl (C=O) groups is 1. The molecule has 0 saturated heterocycles. The first-order chi connectivity index (χ1) is 14.5. The maximum absolute atomic E-state index is 13.6. The molecule has 0 radical (unpaired) electrons. The van der Waals surface area contributed by atoms with Gasteiger partial charge < -0.3 is 13.9 Å². The summed E-state index contributed by atoms with van der Waals surface area (Å²) in [4.78, 5) is 14.7. The molecule has 4 aromatic rings. The van der Waals surface area contributed by atoms with Crippen molar-refractivity contribution < 1.29 is 18.2 Å². The fourth-order valence-electron chi connectivity index (χ4n) is 3.75. The maximum atomic E-state index is 13.6. The van der Waals surface area contributed by atoms with Crippen molar-refractivity contribution in [1.29, 1.82) is 0 Å². The third-order valence-electron chi connectivity index (χ3n) is 5.22. The zero-order chi connectivity index (χ0) is 20.8. The molecule has 0 aliphatic carbocycles. The zero-order valence-corrected chi connectivity index (χ0v) is 16.4. The third-order valence-corrected chi connectivity index (χ3v) is 5.22. The molecule has 5 rings (SSSR count). The van der Waals surface area contributed by atoms with E-state index in [1.165, 1.54) is 12.1 Å². The summed E-state index contributed by atoms with van der Waals surface area (Å²) in [6, 6.07) is 7.78. The fraction of sp³-hybridized carbons (Fsp3) is 0.238. The minimum Gasteiger partial charge on any atom is -0.360 e. The van der Waals surface area contributed by atoms with Crippen LogP contribution in [0.2, 0.25) is 0 Å². The average Bonchev–Trinajstić information content (AvgIpc) is 3.45. The van der Waals surface area contributed by atoms with Crippen molar-refractivity contribution in [2.75, 3.05) is 6.54 Å². The summed E-state index contributed by atoms with van der Waals surface area (Å²) in [5.41, 5.74) is 4.12. The number of rotatable bonds is 3. The largest absolute Gasteiger partial charge is 0.360 e. The van der Waals surface area contributed by atoms with Crippen molar-refractivity contribution in [2.45, 2.75) is 19.9 Å². The van der Waals surface area contributed by atoms with Crippen LogP contribution in [-0.2, 0) is 20.0 Å². The Kier molecular flexibility index (Phi) is 4.23. The molecule has 4 heterocycles. The van der Waals surface area contributed by atoms with Gasteiger partial charge in [-0.2, -0.15) is 5.10 Å². The van der Waals surface area contributed by atoms with Crippen LogP contribution in [0.5, 0.6) is 0 Å². The van der Waals surface area contributed by atoms with E-state index >= 15 is 0 Å². The van der Waals surface area contributed by atoms with Gasteiger partial charge in [-0.05, 0) is 19.1 Å². The maximum Gasteiger partial charge on any atom is 0.292 e. The Labute approximate surface area is 170 Å². The summed E-state index contributed by atoms with van der Waals surface area (Å²) >= 11 is 0. The SMILES string of the molecule is Cc1nn(C)cc1-c1cc(C(=O)N2CCc3onc(-c4cccc(F)c4)c3C2)on1. The van der Waals surface area contributed by atoms with Crippen molar-refractivity contribution in [3.8, 4) is 22.5 Å². The number of amides is 1. The quantitative estimate of drug-likeness (QED) is 0.517. The van der Waals surface area contributed by atoms with Crippen LogP contribution >= 0.6 is 0 Å². The van der Waals surface area contributed by atoms with Gasteiger partial charge in [0.2, 0.25) is 5.76 Å². The second kappa shape index (κ2) is 6.94. The Hall–Kier alpha value is -3.75. The third kappa shape index (κ3) is 3.08. The summed E-state index contributed by atoms with van der Waals surface area (Å²) in [6.45, 7) is 2.63. The molecule has 30 heavy (non-hydrogen) atoms. The molecule has 0 N–H and O–H groups in total. The summed E-state index contributed by atoms with van der Waals surface area (Å²) < 4.78 is 26.1. The van der Waals surface area contributed by atoms with Gasteiger partial charge in [0.15, 0.2) is 0 Å². The van der Waals surface area contributed by atoms with Gasteiger partial charge in [-0.1, -0.05) is 22.4 Å². The number of aryl methyl sites for hydroxylation is 2. The molecular formula is C21H18FN5O3. The minimum atomic E-state index is -0.354.